The molecule has 2 amide bonds. The minimum absolute atomic E-state index is 0.169. The van der Waals surface area contributed by atoms with Crippen LogP contribution in [-0.4, -0.2) is 16.8 Å². The molecular weight excluding hydrogens is 346 g/mol. The van der Waals surface area contributed by atoms with Gasteiger partial charge in [0.15, 0.2) is 0 Å². The number of aryl methyl sites for hydroxylation is 2. The van der Waals surface area contributed by atoms with Crippen molar-refractivity contribution in [2.75, 3.05) is 5.32 Å². The molecule has 3 rings (SSSR count). The van der Waals surface area contributed by atoms with E-state index >= 15 is 0 Å². The summed E-state index contributed by atoms with van der Waals surface area (Å²) in [4.78, 5) is 28.1. The number of anilines is 1. The van der Waals surface area contributed by atoms with E-state index < -0.39 is 5.91 Å². The Morgan fingerprint density at radius 1 is 1.15 bits per heavy atom. The molecule has 0 fully saturated rings. The Morgan fingerprint density at radius 2 is 1.96 bits per heavy atom. The number of carbonyl (C=O) groups excluding carboxylic acids is 2. The molecule has 2 aromatic carbocycles. The van der Waals surface area contributed by atoms with Crippen molar-refractivity contribution in [2.45, 2.75) is 20.3 Å². The first-order valence-electron chi connectivity index (χ1n) is 8.14. The molecule has 0 unspecified atom stereocenters. The number of aromatic nitrogens is 1. The van der Waals surface area contributed by atoms with Gasteiger partial charge in [-0.25, -0.2) is 4.98 Å². The molecular formula is C20H19N3O2S. The Kier molecular flexibility index (Phi) is 5.14. The lowest BCUT2D eigenvalue weighted by Crippen LogP contribution is -2.16. The van der Waals surface area contributed by atoms with Crippen LogP contribution < -0.4 is 11.1 Å². The monoisotopic (exact) mass is 365 g/mol. The van der Waals surface area contributed by atoms with Gasteiger partial charge in [-0.3, -0.25) is 9.59 Å². The molecule has 6 heteroatoms. The lowest BCUT2D eigenvalue weighted by molar-refractivity contribution is -0.115. The van der Waals surface area contributed by atoms with Gasteiger partial charge in [0.25, 0.3) is 0 Å². The number of nitrogens with zero attached hydrogens (tertiary/aromatic N) is 1. The van der Waals surface area contributed by atoms with Crippen molar-refractivity contribution in [2.24, 2.45) is 5.73 Å². The topological polar surface area (TPSA) is 85.1 Å². The van der Waals surface area contributed by atoms with Gasteiger partial charge in [-0.05, 0) is 37.6 Å². The minimum atomic E-state index is -0.529. The molecule has 0 spiro atoms. The predicted molar refractivity (Wildman–Crippen MR) is 104 cm³/mol. The number of nitrogens with one attached hydrogen (secondary N) is 1. The van der Waals surface area contributed by atoms with Crippen LogP contribution in [0.1, 0.15) is 27.2 Å². The van der Waals surface area contributed by atoms with Crippen LogP contribution in [0.25, 0.3) is 10.6 Å². The number of primary amides is 1. The van der Waals surface area contributed by atoms with Crippen molar-refractivity contribution < 1.29 is 9.59 Å². The molecule has 0 atom stereocenters. The van der Waals surface area contributed by atoms with Gasteiger partial charge in [0.1, 0.15) is 5.01 Å². The maximum absolute atomic E-state index is 12.3. The molecule has 0 aliphatic heterocycles. The van der Waals surface area contributed by atoms with Crippen LogP contribution in [0.2, 0.25) is 0 Å². The largest absolute Gasteiger partial charge is 0.366 e. The molecule has 1 aromatic heterocycles. The molecule has 0 saturated heterocycles. The highest BCUT2D eigenvalue weighted by Gasteiger charge is 2.11. The zero-order valence-corrected chi connectivity index (χ0v) is 15.4. The molecule has 132 valence electrons. The number of carbonyl (C=O) groups is 2. The fourth-order valence-electron chi connectivity index (χ4n) is 2.69. The molecule has 0 saturated carbocycles. The molecule has 26 heavy (non-hydrogen) atoms. The van der Waals surface area contributed by atoms with Crippen molar-refractivity contribution in [3.05, 3.63) is 70.2 Å². The molecule has 0 radical (unpaired) electrons. The third-order valence-electron chi connectivity index (χ3n) is 3.94. The Balaban J connectivity index is 1.70. The van der Waals surface area contributed by atoms with E-state index in [1.807, 2.05) is 5.38 Å². The van der Waals surface area contributed by atoms with Gasteiger partial charge in [0.05, 0.1) is 12.1 Å². The number of amides is 2. The Morgan fingerprint density at radius 3 is 2.69 bits per heavy atom. The van der Waals surface area contributed by atoms with E-state index in [2.05, 4.69) is 42.3 Å². The second-order valence-corrected chi connectivity index (χ2v) is 6.99. The molecule has 0 bridgehead atoms. The number of thiazole rings is 1. The summed E-state index contributed by atoms with van der Waals surface area (Å²) in [6.07, 6.45) is 0.169. The summed E-state index contributed by atoms with van der Waals surface area (Å²) >= 11 is 1.53. The van der Waals surface area contributed by atoms with E-state index in [1.165, 1.54) is 22.5 Å². The lowest BCUT2D eigenvalue weighted by Gasteiger charge is -2.05. The molecule has 5 nitrogen and oxygen atoms in total. The normalized spacial score (nSPS) is 10.5. The van der Waals surface area contributed by atoms with Gasteiger partial charge in [-0.2, -0.15) is 0 Å². The Labute approximate surface area is 155 Å². The van der Waals surface area contributed by atoms with Crippen LogP contribution in [0, 0.1) is 13.8 Å². The van der Waals surface area contributed by atoms with Crippen molar-refractivity contribution >= 4 is 28.8 Å². The van der Waals surface area contributed by atoms with Crippen LogP contribution in [-0.2, 0) is 11.2 Å². The van der Waals surface area contributed by atoms with E-state index in [1.54, 1.807) is 24.3 Å². The van der Waals surface area contributed by atoms with Crippen LogP contribution in [0.3, 0.4) is 0 Å². The smallest absolute Gasteiger partial charge is 0.248 e. The van der Waals surface area contributed by atoms with Gasteiger partial charge in [-0.1, -0.05) is 29.8 Å². The van der Waals surface area contributed by atoms with Crippen LogP contribution >= 0.6 is 11.3 Å². The Bertz CT molecular complexity index is 979. The second-order valence-electron chi connectivity index (χ2n) is 6.13. The molecule has 1 heterocycles. The van der Waals surface area contributed by atoms with Crippen LogP contribution in [0.4, 0.5) is 5.69 Å². The minimum Gasteiger partial charge on any atom is -0.366 e. The van der Waals surface area contributed by atoms with Gasteiger partial charge >= 0.3 is 0 Å². The molecule has 0 aliphatic rings. The average molecular weight is 365 g/mol. The SMILES string of the molecule is Cc1ccc(-c2nc(CC(=O)Nc3cccc(C(N)=O)c3)cs2)c(C)c1. The third kappa shape index (κ3) is 4.15. The number of hydrogen-bond donors (Lipinski definition) is 2. The van der Waals surface area contributed by atoms with Crippen molar-refractivity contribution in [1.82, 2.24) is 4.98 Å². The fraction of sp³-hybridized carbons (Fsp3) is 0.150. The van der Waals surface area contributed by atoms with Crippen molar-refractivity contribution in [3.63, 3.8) is 0 Å². The summed E-state index contributed by atoms with van der Waals surface area (Å²) in [5.41, 5.74) is 10.3. The van der Waals surface area contributed by atoms with Gasteiger partial charge in [0.2, 0.25) is 11.8 Å². The van der Waals surface area contributed by atoms with Gasteiger partial charge in [0, 0.05) is 22.2 Å². The van der Waals surface area contributed by atoms with E-state index in [-0.39, 0.29) is 12.3 Å². The molecule has 3 aromatic rings. The average Bonchev–Trinajstić information content (AvgIpc) is 3.03. The van der Waals surface area contributed by atoms with Gasteiger partial charge < -0.3 is 11.1 Å². The summed E-state index contributed by atoms with van der Waals surface area (Å²) < 4.78 is 0. The van der Waals surface area contributed by atoms with Crippen molar-refractivity contribution in [3.8, 4) is 10.6 Å². The number of benzene rings is 2. The quantitative estimate of drug-likeness (QED) is 0.723. The van der Waals surface area contributed by atoms with E-state index in [0.717, 1.165) is 10.6 Å². The standard InChI is InChI=1S/C20H19N3O2S/c1-12-6-7-17(13(2)8-12)20-23-16(11-26-20)10-18(24)22-15-5-3-4-14(9-15)19(21)25/h3-9,11H,10H2,1-2H3,(H2,21,25)(H,22,24). The van der Waals surface area contributed by atoms with E-state index in [4.69, 9.17) is 5.73 Å². The van der Waals surface area contributed by atoms with E-state index in [9.17, 15) is 9.59 Å². The highest BCUT2D eigenvalue weighted by Crippen LogP contribution is 2.27. The summed E-state index contributed by atoms with van der Waals surface area (Å²) in [6.45, 7) is 4.11. The van der Waals surface area contributed by atoms with Crippen LogP contribution in [0.15, 0.2) is 47.8 Å². The summed E-state index contributed by atoms with van der Waals surface area (Å²) in [7, 11) is 0. The highest BCUT2D eigenvalue weighted by molar-refractivity contribution is 7.13. The lowest BCUT2D eigenvalue weighted by atomic mass is 10.1. The maximum atomic E-state index is 12.3. The van der Waals surface area contributed by atoms with Crippen molar-refractivity contribution in [1.29, 1.82) is 0 Å². The first-order valence-corrected chi connectivity index (χ1v) is 9.02. The fourth-order valence-corrected chi connectivity index (χ4v) is 3.59. The third-order valence-corrected chi connectivity index (χ3v) is 4.86. The van der Waals surface area contributed by atoms with Crippen LogP contribution in [0.5, 0.6) is 0 Å². The zero-order chi connectivity index (χ0) is 18.7. The Hall–Kier alpha value is -2.99. The first-order chi connectivity index (χ1) is 12.4. The molecule has 0 aliphatic carbocycles. The predicted octanol–water partition coefficient (Wildman–Crippen LogP) is 3.71. The maximum Gasteiger partial charge on any atom is 0.248 e. The summed E-state index contributed by atoms with van der Waals surface area (Å²) in [6, 6.07) is 12.8. The molecule has 3 N–H and O–H groups in total. The van der Waals surface area contributed by atoms with Gasteiger partial charge in [-0.15, -0.1) is 11.3 Å². The number of hydrogen-bond acceptors (Lipinski definition) is 4. The first kappa shape index (κ1) is 17.8. The van der Waals surface area contributed by atoms with E-state index in [0.29, 0.717) is 16.9 Å². The zero-order valence-electron chi connectivity index (χ0n) is 14.6. The highest BCUT2D eigenvalue weighted by atomic mass is 32.1. The summed E-state index contributed by atoms with van der Waals surface area (Å²) in [5, 5.41) is 5.57. The summed E-state index contributed by atoms with van der Waals surface area (Å²) in [5.74, 6) is -0.720. The second kappa shape index (κ2) is 7.49. The number of nitrogens with two attached hydrogens (primary N) is 1. The number of rotatable bonds is 5.